The van der Waals surface area contributed by atoms with Crippen molar-refractivity contribution in [3.63, 3.8) is 0 Å². The van der Waals surface area contributed by atoms with E-state index in [4.69, 9.17) is 0 Å². The van der Waals surface area contributed by atoms with Gasteiger partial charge in [0, 0.05) is 5.56 Å². The van der Waals surface area contributed by atoms with E-state index in [1.54, 1.807) is 0 Å². The van der Waals surface area contributed by atoms with Crippen molar-refractivity contribution in [2.45, 2.75) is 51.0 Å². The molecule has 1 N–H and O–H groups in total. The Kier molecular flexibility index (Phi) is 3.95. The lowest BCUT2D eigenvalue weighted by molar-refractivity contribution is 0.0779. The molecule has 0 aliphatic heterocycles. The lowest BCUT2D eigenvalue weighted by atomic mass is 9.84. The van der Waals surface area contributed by atoms with Crippen LogP contribution in [0.3, 0.4) is 0 Å². The number of Topliss-reactive ketones (excluding diaryl/α,β-unsaturated/α-hetero) is 1. The van der Waals surface area contributed by atoms with Crippen LogP contribution in [0.15, 0.2) is 24.3 Å². The Hall–Kier alpha value is -1.15. The molecule has 0 radical (unpaired) electrons. The Morgan fingerprint density at radius 2 is 1.76 bits per heavy atom. The van der Waals surface area contributed by atoms with Crippen molar-refractivity contribution >= 4 is 5.78 Å². The molecule has 0 spiro atoms. The molecule has 0 amide bonds. The van der Waals surface area contributed by atoms with Crippen LogP contribution in [0.25, 0.3) is 0 Å². The van der Waals surface area contributed by atoms with Gasteiger partial charge in [-0.25, -0.2) is 0 Å². The molecule has 2 nitrogen and oxygen atoms in total. The average Bonchev–Trinajstić information content (AvgIpc) is 2.39. The zero-order valence-electron chi connectivity index (χ0n) is 10.4. The minimum Gasteiger partial charge on any atom is -0.385 e. The van der Waals surface area contributed by atoms with Crippen LogP contribution in [-0.4, -0.2) is 17.0 Å². The molecule has 0 aromatic heterocycles. The molecule has 1 aromatic carbocycles. The quantitative estimate of drug-likeness (QED) is 0.812. The van der Waals surface area contributed by atoms with Crippen LogP contribution < -0.4 is 0 Å². The first-order valence-electron chi connectivity index (χ1n) is 6.50. The van der Waals surface area contributed by atoms with Gasteiger partial charge >= 0.3 is 0 Å². The number of ketones is 1. The van der Waals surface area contributed by atoms with Gasteiger partial charge in [0.15, 0.2) is 5.78 Å². The molecular formula is C15H20O2. The van der Waals surface area contributed by atoms with E-state index in [2.05, 4.69) is 0 Å². The summed E-state index contributed by atoms with van der Waals surface area (Å²) >= 11 is 0. The lowest BCUT2D eigenvalue weighted by Crippen LogP contribution is -2.16. The van der Waals surface area contributed by atoms with Gasteiger partial charge in [-0.05, 0) is 31.2 Å². The fourth-order valence-corrected chi connectivity index (χ4v) is 2.60. The molecule has 1 saturated carbocycles. The van der Waals surface area contributed by atoms with Crippen molar-refractivity contribution in [1.29, 1.82) is 0 Å². The van der Waals surface area contributed by atoms with Crippen LogP contribution in [0.5, 0.6) is 0 Å². The predicted molar refractivity (Wildman–Crippen MR) is 68.3 cm³/mol. The Morgan fingerprint density at radius 1 is 1.18 bits per heavy atom. The van der Waals surface area contributed by atoms with E-state index in [0.717, 1.165) is 0 Å². The monoisotopic (exact) mass is 232 g/mol. The molecule has 1 atom stereocenters. The topological polar surface area (TPSA) is 37.3 Å². The summed E-state index contributed by atoms with van der Waals surface area (Å²) in [4.78, 5) is 11.6. The van der Waals surface area contributed by atoms with Gasteiger partial charge in [0.05, 0.1) is 0 Å². The van der Waals surface area contributed by atoms with E-state index in [1.165, 1.54) is 44.6 Å². The average molecular weight is 232 g/mol. The highest BCUT2D eigenvalue weighted by Crippen LogP contribution is 2.32. The van der Waals surface area contributed by atoms with Crippen LogP contribution in [-0.2, 0) is 0 Å². The van der Waals surface area contributed by atoms with Crippen molar-refractivity contribution in [3.8, 4) is 0 Å². The van der Waals surface area contributed by atoms with Gasteiger partial charge in [0.2, 0.25) is 0 Å². The number of hydrogen-bond donors (Lipinski definition) is 1. The largest absolute Gasteiger partial charge is 0.385 e. The maximum atomic E-state index is 11.6. The number of aliphatic hydroxyl groups excluding tert-OH is 1. The fourth-order valence-electron chi connectivity index (χ4n) is 2.60. The first kappa shape index (κ1) is 12.3. The third kappa shape index (κ3) is 2.95. The maximum absolute atomic E-state index is 11.6. The van der Waals surface area contributed by atoms with Gasteiger partial charge in [-0.1, -0.05) is 43.5 Å². The Labute approximate surface area is 103 Å². The molecular weight excluding hydrogens is 212 g/mol. The van der Waals surface area contributed by atoms with Gasteiger partial charge < -0.3 is 5.11 Å². The summed E-state index contributed by atoms with van der Waals surface area (Å²) in [5, 5.41) is 9.24. The summed E-state index contributed by atoms with van der Waals surface area (Å²) in [6.07, 6.45) is 5.62. The molecule has 1 unspecified atom stereocenters. The molecule has 0 bridgehead atoms. The van der Waals surface area contributed by atoms with Crippen LogP contribution in [0.4, 0.5) is 0 Å². The maximum Gasteiger partial charge on any atom is 0.190 e. The molecule has 1 aromatic rings. The molecule has 92 valence electrons. The van der Waals surface area contributed by atoms with Crippen LogP contribution in [0, 0.1) is 0 Å². The highest BCUT2D eigenvalue weighted by atomic mass is 16.3. The molecule has 1 fully saturated rings. The molecule has 0 heterocycles. The molecule has 17 heavy (non-hydrogen) atoms. The second-order valence-electron chi connectivity index (χ2n) is 5.00. The van der Waals surface area contributed by atoms with Gasteiger partial charge in [-0.2, -0.15) is 0 Å². The zero-order chi connectivity index (χ0) is 12.3. The van der Waals surface area contributed by atoms with Gasteiger partial charge in [0.1, 0.15) is 6.10 Å². The van der Waals surface area contributed by atoms with E-state index in [9.17, 15) is 9.90 Å². The molecule has 1 aliphatic rings. The lowest BCUT2D eigenvalue weighted by Gasteiger charge is -2.22. The summed E-state index contributed by atoms with van der Waals surface area (Å²) < 4.78 is 0. The SMILES string of the molecule is CC(O)C(=O)c1ccc(C2CCCCC2)cc1. The van der Waals surface area contributed by atoms with Gasteiger partial charge in [0.25, 0.3) is 0 Å². The number of carbonyl (C=O) groups is 1. The minimum absolute atomic E-state index is 0.194. The van der Waals surface area contributed by atoms with Crippen molar-refractivity contribution in [1.82, 2.24) is 0 Å². The zero-order valence-corrected chi connectivity index (χ0v) is 10.4. The minimum atomic E-state index is -0.907. The fraction of sp³-hybridized carbons (Fsp3) is 0.533. The third-order valence-electron chi connectivity index (χ3n) is 3.65. The van der Waals surface area contributed by atoms with Crippen LogP contribution >= 0.6 is 0 Å². The highest BCUT2D eigenvalue weighted by Gasteiger charge is 2.16. The summed E-state index contributed by atoms with van der Waals surface area (Å²) in [5.74, 6) is 0.472. The van der Waals surface area contributed by atoms with E-state index in [1.807, 2.05) is 24.3 Å². The smallest absolute Gasteiger partial charge is 0.190 e. The molecule has 2 rings (SSSR count). The number of hydrogen-bond acceptors (Lipinski definition) is 2. The van der Waals surface area contributed by atoms with Crippen molar-refractivity contribution in [2.24, 2.45) is 0 Å². The molecule has 2 heteroatoms. The van der Waals surface area contributed by atoms with E-state index < -0.39 is 6.10 Å². The number of aliphatic hydroxyl groups is 1. The second kappa shape index (κ2) is 5.46. The number of rotatable bonds is 3. The Morgan fingerprint density at radius 3 is 2.29 bits per heavy atom. The summed E-state index contributed by atoms with van der Waals surface area (Å²) in [5.41, 5.74) is 1.95. The summed E-state index contributed by atoms with van der Waals surface area (Å²) in [6.45, 7) is 1.51. The highest BCUT2D eigenvalue weighted by molar-refractivity contribution is 5.99. The Bertz CT molecular complexity index is 372. The standard InChI is InChI=1S/C15H20O2/c1-11(16)15(17)14-9-7-13(8-10-14)12-5-3-2-4-6-12/h7-12,16H,2-6H2,1H3. The number of carbonyl (C=O) groups excluding carboxylic acids is 1. The van der Waals surface area contributed by atoms with Crippen molar-refractivity contribution < 1.29 is 9.90 Å². The van der Waals surface area contributed by atoms with E-state index in [-0.39, 0.29) is 5.78 Å². The third-order valence-corrected chi connectivity index (χ3v) is 3.65. The molecule has 1 aliphatic carbocycles. The van der Waals surface area contributed by atoms with E-state index >= 15 is 0 Å². The Balaban J connectivity index is 2.09. The normalized spacial score (nSPS) is 18.9. The van der Waals surface area contributed by atoms with Crippen molar-refractivity contribution in [2.75, 3.05) is 0 Å². The van der Waals surface area contributed by atoms with Crippen LogP contribution in [0.2, 0.25) is 0 Å². The van der Waals surface area contributed by atoms with E-state index in [0.29, 0.717) is 11.5 Å². The summed E-state index contributed by atoms with van der Waals surface area (Å²) in [6, 6.07) is 7.79. The van der Waals surface area contributed by atoms with Crippen molar-refractivity contribution in [3.05, 3.63) is 35.4 Å². The predicted octanol–water partition coefficient (Wildman–Crippen LogP) is 3.30. The second-order valence-corrected chi connectivity index (χ2v) is 5.00. The first-order valence-corrected chi connectivity index (χ1v) is 6.50. The molecule has 0 saturated heterocycles. The first-order chi connectivity index (χ1) is 8.18. The van der Waals surface area contributed by atoms with Gasteiger partial charge in [-0.15, -0.1) is 0 Å². The van der Waals surface area contributed by atoms with Crippen LogP contribution in [0.1, 0.15) is 60.9 Å². The summed E-state index contributed by atoms with van der Waals surface area (Å²) in [7, 11) is 0. The van der Waals surface area contributed by atoms with Gasteiger partial charge in [-0.3, -0.25) is 4.79 Å². The number of benzene rings is 1.